The predicted octanol–water partition coefficient (Wildman–Crippen LogP) is 19.9. The van der Waals surface area contributed by atoms with Gasteiger partial charge in [0.2, 0.25) is 0 Å². The van der Waals surface area contributed by atoms with E-state index in [0.29, 0.717) is 159 Å². The van der Waals surface area contributed by atoms with Crippen LogP contribution in [0.1, 0.15) is 213 Å². The second-order valence-electron chi connectivity index (χ2n) is 38.5. The molecule has 690 valence electrons. The van der Waals surface area contributed by atoms with E-state index < -0.39 is 39.9 Å². The van der Waals surface area contributed by atoms with Gasteiger partial charge in [0, 0.05) is 183 Å². The number of aromatic nitrogens is 6. The van der Waals surface area contributed by atoms with E-state index in [1.54, 1.807) is 92.7 Å². The summed E-state index contributed by atoms with van der Waals surface area (Å²) in [5.41, 5.74) is 9.00. The Kier molecular flexibility index (Phi) is 23.6. The molecule has 4 amide bonds. The van der Waals surface area contributed by atoms with E-state index in [-0.39, 0.29) is 41.9 Å². The van der Waals surface area contributed by atoms with Gasteiger partial charge in [-0.15, -0.1) is 0 Å². The van der Waals surface area contributed by atoms with Crippen LogP contribution in [0, 0.1) is 24.1 Å². The molecule has 5 aromatic heterocycles. The van der Waals surface area contributed by atoms with Gasteiger partial charge in [-0.25, -0.2) is 9.37 Å². The van der Waals surface area contributed by atoms with Crippen LogP contribution in [-0.4, -0.2) is 155 Å². The minimum absolute atomic E-state index is 0. The van der Waals surface area contributed by atoms with Crippen molar-refractivity contribution in [2.45, 2.75) is 172 Å². The number of carbonyl (C=O) groups excluding carboxylic acids is 4. The van der Waals surface area contributed by atoms with E-state index in [1.807, 2.05) is 151 Å². The monoisotopic (exact) mass is 1800 g/mol. The minimum Gasteiger partial charge on any atom is -0.496 e. The lowest BCUT2D eigenvalue weighted by Gasteiger charge is -2.45. The van der Waals surface area contributed by atoms with Crippen LogP contribution in [0.4, 0.5) is 23.4 Å². The number of nitrogens with zero attached hydrogens (tertiary/aromatic N) is 12. The van der Waals surface area contributed by atoms with Gasteiger partial charge >= 0.3 is 6.18 Å². The van der Waals surface area contributed by atoms with Crippen LogP contribution in [0.2, 0.25) is 0 Å². The smallest absolute Gasteiger partial charge is 0.431 e. The van der Waals surface area contributed by atoms with Crippen molar-refractivity contribution in [1.82, 2.24) is 48.1 Å². The Balaban J connectivity index is 0.000000124. The zero-order chi connectivity index (χ0) is 93.5. The summed E-state index contributed by atoms with van der Waals surface area (Å²) in [7, 11) is 3.51. The summed E-state index contributed by atoms with van der Waals surface area (Å²) in [6, 6.07) is 60.7. The zero-order valence-electron chi connectivity index (χ0n) is 76.8. The summed E-state index contributed by atoms with van der Waals surface area (Å²) in [4.78, 5) is 67.3. The van der Waals surface area contributed by atoms with Gasteiger partial charge in [-0.1, -0.05) is 69.3 Å². The maximum Gasteiger partial charge on any atom is 0.431 e. The summed E-state index contributed by atoms with van der Waals surface area (Å²) in [6.07, 6.45) is 10.2. The van der Waals surface area contributed by atoms with Crippen LogP contribution >= 0.6 is 0 Å². The van der Waals surface area contributed by atoms with Crippen LogP contribution in [0.15, 0.2) is 219 Å². The lowest BCUT2D eigenvalue weighted by atomic mass is 9.81. The number of rotatable bonds is 8. The number of aliphatic hydroxyl groups is 1. The molecule has 0 unspecified atom stereocenters. The molecule has 133 heavy (non-hydrogen) atoms. The molecule has 9 aliphatic heterocycles. The zero-order valence-corrected chi connectivity index (χ0v) is 76.8. The lowest BCUT2D eigenvalue weighted by Crippen LogP contribution is -2.50. The molecule has 12 aromatic rings. The molecule has 0 saturated carbocycles. The highest BCUT2D eigenvalue weighted by Gasteiger charge is 2.52. The molecule has 21 rings (SSSR count). The van der Waals surface area contributed by atoms with Crippen molar-refractivity contribution in [1.29, 1.82) is 5.26 Å². The molecule has 0 radical (unpaired) electrons. The maximum atomic E-state index is 13.9. The molecule has 0 bridgehead atoms. The Morgan fingerprint density at radius 1 is 0.504 bits per heavy atom. The van der Waals surface area contributed by atoms with Crippen molar-refractivity contribution >= 4 is 29.4 Å². The lowest BCUT2D eigenvalue weighted by molar-refractivity contribution is -0.143. The van der Waals surface area contributed by atoms with Crippen LogP contribution in [0.5, 0.6) is 34.5 Å². The molecule has 23 nitrogen and oxygen atoms in total. The summed E-state index contributed by atoms with van der Waals surface area (Å²) in [5.74, 6) is 4.25. The Labute approximate surface area is 773 Å². The Morgan fingerprint density at radius 2 is 1.00 bits per heavy atom. The number of amides is 4. The number of pyridine rings is 1. The van der Waals surface area contributed by atoms with Gasteiger partial charge in [0.1, 0.15) is 63.0 Å². The van der Waals surface area contributed by atoms with Crippen molar-refractivity contribution in [2.75, 3.05) is 77.5 Å². The first kappa shape index (κ1) is 90.0. The van der Waals surface area contributed by atoms with Gasteiger partial charge in [0.25, 0.3) is 23.6 Å². The third-order valence-electron chi connectivity index (χ3n) is 27.3. The molecule has 14 heterocycles. The SMILES string of the molecule is CC(C)(C)c1ccc(C(=O)N2CCC3(CC2)Oc2cc(F)ccc2-n2cccc23)cc1C#N.COc1cc(C(=O)N2CCC3(CC2)Oc2ccccc2-c2c3cnn2C)ccc1C(C)(C)O.Cc1cc(C(=O)N2CCC3(CC2)Oc2ccccc2-n2cccc23)ccc1OC(C)(C)C.O=C(c1cccnc1N1CCCC1)N1CCC2(CC1)Oc1ccccc1-n1c(C(F)(F)F)ccc12.[HH]. The molecule has 9 aliphatic rings. The van der Waals surface area contributed by atoms with Gasteiger partial charge in [-0.2, -0.15) is 23.5 Å². The second kappa shape index (κ2) is 34.8. The number of piperidine rings is 4. The predicted molar refractivity (Wildman–Crippen MR) is 498 cm³/mol. The van der Waals surface area contributed by atoms with Crippen LogP contribution in [-0.2, 0) is 46.6 Å². The molecule has 5 fully saturated rings. The van der Waals surface area contributed by atoms with Crippen molar-refractivity contribution < 1.29 is 71.7 Å². The largest absolute Gasteiger partial charge is 0.496 e. The fourth-order valence-corrected chi connectivity index (χ4v) is 20.5. The average Bonchev–Trinajstić information content (AvgIpc) is 1.56. The fourth-order valence-electron chi connectivity index (χ4n) is 20.5. The molecule has 5 saturated heterocycles. The fraction of sp³-hybridized carbons (Fsp3) is 0.368. The standard InChI is InChI=1S/C27H26FN3O2.C27H30N2O3.C26H25F3N4O2.C26H29N3O4.H2/c1-26(2,3)21-8-6-18(15-19(21)17-29)25(32)30-13-10-27(11-14-30)24-5-4-12-31(24)22-9-7-20(28)16-23(22)33-27;1-19-18-20(11-12-22(19)31-26(2,3)4)25(30)28-16-13-27(14-17-28)24-10-7-15-29(24)21-8-5-6-9-23(21)32-27;27-26(28,29)22-10-9-21-25(35-20-8-2-1-7-19(20)33(21)22)11-16-32(17-12-25)24(34)18-6-5-13-30-23(18)31-14-3-4-15-31;1-25(2,31)19-10-9-17(15-22(19)32-4)24(30)29-13-11-26(12-14-29)20-16-27-28(3)23(20)18-7-5-6-8-21(18)33-26;/h4-9,12,15-16H,10-11,13-14H2,1-3H3;5-12,15,18H,13-14,16-17H2,1-4H3;1-2,5-10,13H,3-4,11-12,14-17H2;5-10,15-16,31H,11-14H2,1-4H3;1H. The van der Waals surface area contributed by atoms with Gasteiger partial charge in [0.15, 0.2) is 16.8 Å². The number of para-hydroxylation sites is 5. The first-order valence-corrected chi connectivity index (χ1v) is 45.7. The third-order valence-corrected chi connectivity index (χ3v) is 27.3. The van der Waals surface area contributed by atoms with E-state index in [1.165, 1.54) is 28.5 Å². The quantitative estimate of drug-likeness (QED) is 0.139. The number of alkyl halides is 3. The van der Waals surface area contributed by atoms with E-state index in [4.69, 9.17) is 28.4 Å². The van der Waals surface area contributed by atoms with Gasteiger partial charge in [0.05, 0.1) is 75.9 Å². The van der Waals surface area contributed by atoms with E-state index in [0.717, 1.165) is 107 Å². The molecule has 1 N–H and O–H groups in total. The number of carbonyl (C=O) groups is 4. The summed E-state index contributed by atoms with van der Waals surface area (Å²) >= 11 is 0. The van der Waals surface area contributed by atoms with Gasteiger partial charge in [-0.05, 0) is 210 Å². The summed E-state index contributed by atoms with van der Waals surface area (Å²) in [6.45, 7) is 23.6. The van der Waals surface area contributed by atoms with Crippen molar-refractivity contribution in [3.05, 3.63) is 298 Å². The first-order chi connectivity index (χ1) is 63.6. The highest BCUT2D eigenvalue weighted by Crippen LogP contribution is 2.53. The topological polar surface area (TPSA) is 229 Å². The maximum absolute atomic E-state index is 13.9. The number of ether oxygens (including phenoxy) is 6. The summed E-state index contributed by atoms with van der Waals surface area (Å²) < 4.78 is 100. The number of benzene rings is 7. The molecular formula is C106H112F4N12O11. The molecule has 4 spiro atoms. The molecule has 27 heteroatoms. The van der Waals surface area contributed by atoms with Crippen molar-refractivity contribution in [3.8, 4) is 68.9 Å². The first-order valence-electron chi connectivity index (χ1n) is 45.7. The molecule has 7 aromatic carbocycles. The Bertz CT molecular complexity index is 6500. The normalized spacial score (nSPS) is 17.2. The summed E-state index contributed by atoms with van der Waals surface area (Å²) in [5, 5.41) is 24.5. The Morgan fingerprint density at radius 3 is 1.56 bits per heavy atom. The molecule has 0 aliphatic carbocycles. The number of methoxy groups -OCH3 is 1. The van der Waals surface area contributed by atoms with Crippen LogP contribution < -0.4 is 33.3 Å². The van der Waals surface area contributed by atoms with E-state index >= 15 is 0 Å². The highest BCUT2D eigenvalue weighted by molar-refractivity contribution is 5.99. The number of hydrogen-bond donors (Lipinski definition) is 1. The van der Waals surface area contributed by atoms with E-state index in [9.17, 15) is 47.1 Å². The second-order valence-corrected chi connectivity index (χ2v) is 38.5. The number of nitriles is 1. The molecular weight excluding hydrogens is 1690 g/mol. The highest BCUT2D eigenvalue weighted by atomic mass is 19.4. The van der Waals surface area contributed by atoms with Crippen molar-refractivity contribution in [3.63, 3.8) is 0 Å². The average molecular weight is 1810 g/mol. The number of aryl methyl sites for hydroxylation is 2. The van der Waals surface area contributed by atoms with Crippen LogP contribution in [0.3, 0.4) is 0 Å². The number of anilines is 1. The van der Waals surface area contributed by atoms with E-state index in [2.05, 4.69) is 81.4 Å². The van der Waals surface area contributed by atoms with Crippen molar-refractivity contribution in [2.24, 2.45) is 7.05 Å². The van der Waals surface area contributed by atoms with Crippen LogP contribution in [0.25, 0.3) is 28.3 Å². The Hall–Kier alpha value is -13.6. The number of fused-ring (bicyclic) bond motifs is 16. The third kappa shape index (κ3) is 17.1. The minimum atomic E-state index is -4.49. The van der Waals surface area contributed by atoms with Gasteiger partial charge in [-0.3, -0.25) is 23.9 Å². The number of likely N-dealkylation sites (tertiary alicyclic amines) is 4. The molecule has 0 atom stereocenters. The number of halogens is 4. The van der Waals surface area contributed by atoms with Gasteiger partial charge < -0.3 is 71.7 Å². The number of hydrogen-bond acceptors (Lipinski definition) is 15.